The van der Waals surface area contributed by atoms with Gasteiger partial charge in [-0.15, -0.1) is 0 Å². The van der Waals surface area contributed by atoms with Gasteiger partial charge in [0, 0.05) is 31.1 Å². The zero-order valence-corrected chi connectivity index (χ0v) is 17.5. The number of hydrogen-bond acceptors (Lipinski definition) is 7. The van der Waals surface area contributed by atoms with Gasteiger partial charge in [0.15, 0.2) is 9.84 Å². The van der Waals surface area contributed by atoms with Gasteiger partial charge in [-0.25, -0.2) is 23.1 Å². The van der Waals surface area contributed by atoms with Gasteiger partial charge in [0.25, 0.3) is 5.91 Å². The van der Waals surface area contributed by atoms with Crippen LogP contribution in [-0.4, -0.2) is 39.8 Å². The first-order valence-corrected chi connectivity index (χ1v) is 10.9. The van der Waals surface area contributed by atoms with Crippen LogP contribution in [0.5, 0.6) is 0 Å². The molecule has 0 radical (unpaired) electrons. The quantitative estimate of drug-likeness (QED) is 0.424. The fourth-order valence-electron chi connectivity index (χ4n) is 2.44. The lowest BCUT2D eigenvalue weighted by Crippen LogP contribution is -2.18. The van der Waals surface area contributed by atoms with Gasteiger partial charge in [-0.2, -0.15) is 27.7 Å². The highest BCUT2D eigenvalue weighted by Crippen LogP contribution is 2.29. The smallest absolute Gasteiger partial charge is 0.265 e. The average molecular weight is 475 g/mol. The van der Waals surface area contributed by atoms with Gasteiger partial charge in [0.2, 0.25) is 15.8 Å². The Balaban J connectivity index is 2.15. The molecule has 0 N–H and O–H groups in total. The van der Waals surface area contributed by atoms with Crippen molar-refractivity contribution >= 4 is 27.1 Å². The lowest BCUT2D eigenvalue weighted by Gasteiger charge is -2.09. The molecule has 0 aliphatic heterocycles. The first-order chi connectivity index (χ1) is 14.4. The van der Waals surface area contributed by atoms with E-state index in [4.69, 9.17) is 0 Å². The highest BCUT2D eigenvalue weighted by molar-refractivity contribution is 7.91. The Hall–Kier alpha value is -3.00. The summed E-state index contributed by atoms with van der Waals surface area (Å²) in [6.45, 7) is 1.35. The molecule has 0 spiro atoms. The molecule has 8 nitrogen and oxygen atoms in total. The summed E-state index contributed by atoms with van der Waals surface area (Å²) in [4.78, 5) is 22.6. The average Bonchev–Trinajstić information content (AvgIpc) is 3.08. The van der Waals surface area contributed by atoms with Crippen LogP contribution in [0.1, 0.15) is 22.4 Å². The molecule has 0 saturated heterocycles. The Bertz CT molecular complexity index is 1330. The number of carbonyl (C=O) groups excluding carboxylic acids is 1. The number of nitrogens with zero attached hydrogens (tertiary/aromatic N) is 5. The van der Waals surface area contributed by atoms with E-state index in [9.17, 15) is 30.8 Å². The lowest BCUT2D eigenvalue weighted by atomic mass is 10.1. The molecular weight excluding hydrogens is 462 g/mol. The molecule has 1 amide bonds. The number of rotatable bonds is 4. The van der Waals surface area contributed by atoms with Gasteiger partial charge in [-0.1, -0.05) is 18.3 Å². The zero-order valence-electron chi connectivity index (χ0n) is 15.9. The third-order valence-corrected chi connectivity index (χ3v) is 6.76. The maximum Gasteiger partial charge on any atom is 0.445 e. The second kappa shape index (κ2) is 8.26. The van der Waals surface area contributed by atoms with Crippen molar-refractivity contribution in [2.24, 2.45) is 12.0 Å². The molecule has 0 unspecified atom stereocenters. The van der Waals surface area contributed by atoms with Gasteiger partial charge in [-0.05, 0) is 17.7 Å². The SMILES string of the molecule is CCS(=O)(=O)c1cc(-c2ccnc(F)c2)cnc1C(=O)N=c1sc(C(F)(F)F)nn1C. The van der Waals surface area contributed by atoms with E-state index in [2.05, 4.69) is 20.1 Å². The van der Waals surface area contributed by atoms with Crippen LogP contribution in [0.15, 0.2) is 40.5 Å². The van der Waals surface area contributed by atoms with E-state index in [0.29, 0.717) is 0 Å². The van der Waals surface area contributed by atoms with Crippen LogP contribution in [-0.2, 0) is 23.1 Å². The number of carbonyl (C=O) groups is 1. The van der Waals surface area contributed by atoms with Crippen molar-refractivity contribution in [1.29, 1.82) is 0 Å². The van der Waals surface area contributed by atoms with E-state index in [0.717, 1.165) is 30.1 Å². The van der Waals surface area contributed by atoms with E-state index < -0.39 is 43.5 Å². The molecule has 0 saturated carbocycles. The molecule has 3 heterocycles. The Labute approximate surface area is 176 Å². The molecule has 0 bridgehead atoms. The van der Waals surface area contributed by atoms with Crippen molar-refractivity contribution in [1.82, 2.24) is 19.7 Å². The van der Waals surface area contributed by atoms with Crippen molar-refractivity contribution in [3.63, 3.8) is 0 Å². The summed E-state index contributed by atoms with van der Waals surface area (Å²) in [5.74, 6) is -2.34. The summed E-state index contributed by atoms with van der Waals surface area (Å²) in [6.07, 6.45) is -2.41. The molecule has 0 fully saturated rings. The Kier molecular flexibility index (Phi) is 6.04. The van der Waals surface area contributed by atoms with Crippen molar-refractivity contribution < 1.29 is 30.8 Å². The van der Waals surface area contributed by atoms with Crippen LogP contribution < -0.4 is 4.80 Å². The molecular formula is C17H13F4N5O3S2. The second-order valence-electron chi connectivity index (χ2n) is 6.07. The topological polar surface area (TPSA) is 107 Å². The number of halogens is 4. The minimum Gasteiger partial charge on any atom is -0.265 e. The minimum absolute atomic E-state index is 0.124. The Morgan fingerprint density at radius 3 is 2.52 bits per heavy atom. The maximum atomic E-state index is 13.4. The summed E-state index contributed by atoms with van der Waals surface area (Å²) in [7, 11) is -2.82. The van der Waals surface area contributed by atoms with Gasteiger partial charge in [0.05, 0.1) is 10.6 Å². The molecule has 3 aromatic rings. The van der Waals surface area contributed by atoms with Crippen LogP contribution in [0.3, 0.4) is 0 Å². The fraction of sp³-hybridized carbons (Fsp3) is 0.235. The number of hydrogen-bond donors (Lipinski definition) is 0. The molecule has 31 heavy (non-hydrogen) atoms. The first kappa shape index (κ1) is 22.7. The van der Waals surface area contributed by atoms with E-state index in [1.54, 1.807) is 0 Å². The van der Waals surface area contributed by atoms with E-state index in [-0.39, 0.29) is 33.0 Å². The molecule has 3 rings (SSSR count). The van der Waals surface area contributed by atoms with Crippen molar-refractivity contribution in [3.05, 3.63) is 52.0 Å². The fourth-order valence-corrected chi connectivity index (χ4v) is 4.24. The van der Waals surface area contributed by atoms with E-state index in [1.165, 1.54) is 19.2 Å². The molecule has 0 aliphatic carbocycles. The number of sulfone groups is 1. The first-order valence-electron chi connectivity index (χ1n) is 8.47. The number of aromatic nitrogens is 4. The summed E-state index contributed by atoms with van der Waals surface area (Å²) < 4.78 is 77.8. The highest BCUT2D eigenvalue weighted by Gasteiger charge is 2.35. The van der Waals surface area contributed by atoms with Crippen LogP contribution in [0.2, 0.25) is 0 Å². The summed E-state index contributed by atoms with van der Waals surface area (Å²) in [5.41, 5.74) is -0.0955. The van der Waals surface area contributed by atoms with Crippen molar-refractivity contribution in [2.75, 3.05) is 5.75 Å². The maximum absolute atomic E-state index is 13.4. The predicted molar refractivity (Wildman–Crippen MR) is 101 cm³/mol. The third-order valence-electron chi connectivity index (χ3n) is 3.98. The highest BCUT2D eigenvalue weighted by atomic mass is 32.2. The van der Waals surface area contributed by atoms with Crippen LogP contribution in [0, 0.1) is 5.95 Å². The van der Waals surface area contributed by atoms with Gasteiger partial charge >= 0.3 is 6.18 Å². The summed E-state index contributed by atoms with van der Waals surface area (Å²) in [5, 5.41) is 2.05. The normalized spacial score (nSPS) is 12.9. The lowest BCUT2D eigenvalue weighted by molar-refractivity contribution is -0.138. The van der Waals surface area contributed by atoms with E-state index in [1.807, 2.05) is 0 Å². The van der Waals surface area contributed by atoms with Crippen LogP contribution >= 0.6 is 11.3 Å². The third kappa shape index (κ3) is 4.85. The largest absolute Gasteiger partial charge is 0.445 e. The molecule has 14 heteroatoms. The monoisotopic (exact) mass is 475 g/mol. The zero-order chi connectivity index (χ0) is 23.0. The number of amides is 1. The molecule has 0 aromatic carbocycles. The van der Waals surface area contributed by atoms with Crippen molar-refractivity contribution in [3.8, 4) is 11.1 Å². The van der Waals surface area contributed by atoms with E-state index >= 15 is 0 Å². The van der Waals surface area contributed by atoms with Crippen LogP contribution in [0.4, 0.5) is 17.6 Å². The summed E-state index contributed by atoms with van der Waals surface area (Å²) in [6, 6.07) is 3.61. The number of pyridine rings is 2. The van der Waals surface area contributed by atoms with Gasteiger partial charge < -0.3 is 0 Å². The van der Waals surface area contributed by atoms with Crippen molar-refractivity contribution in [2.45, 2.75) is 18.0 Å². The standard InChI is InChI=1S/C17H13F4N5O3S2/c1-3-31(28,29)11-6-10(9-4-5-22-12(18)7-9)8-23-13(11)14(27)24-16-26(2)25-15(30-16)17(19,20)21/h4-8H,3H2,1-2H3. The van der Waals surface area contributed by atoms with Crippen LogP contribution in [0.25, 0.3) is 11.1 Å². The summed E-state index contributed by atoms with van der Waals surface area (Å²) >= 11 is 0.124. The molecule has 3 aromatic heterocycles. The number of alkyl halides is 3. The Morgan fingerprint density at radius 1 is 1.23 bits per heavy atom. The van der Waals surface area contributed by atoms with Gasteiger partial charge in [-0.3, -0.25) is 4.79 Å². The molecule has 0 aliphatic rings. The Morgan fingerprint density at radius 2 is 1.94 bits per heavy atom. The second-order valence-corrected chi connectivity index (χ2v) is 9.27. The number of aryl methyl sites for hydroxylation is 1. The molecule has 164 valence electrons. The van der Waals surface area contributed by atoms with Gasteiger partial charge in [0.1, 0.15) is 5.69 Å². The molecule has 0 atom stereocenters. The minimum atomic E-state index is -4.73. The predicted octanol–water partition coefficient (Wildman–Crippen LogP) is 2.63.